The highest BCUT2D eigenvalue weighted by Gasteiger charge is 2.16. The average molecular weight is 217 g/mol. The van der Waals surface area contributed by atoms with Crippen molar-refractivity contribution in [3.8, 4) is 0 Å². The van der Waals surface area contributed by atoms with Crippen LogP contribution in [0.25, 0.3) is 11.0 Å². The monoisotopic (exact) mass is 217 g/mol. The molecule has 0 atom stereocenters. The van der Waals surface area contributed by atoms with Crippen molar-refractivity contribution in [3.05, 3.63) is 30.1 Å². The molecule has 16 heavy (non-hydrogen) atoms. The second-order valence-corrected chi connectivity index (χ2v) is 3.58. The van der Waals surface area contributed by atoms with Gasteiger partial charge in [0.1, 0.15) is 5.52 Å². The summed E-state index contributed by atoms with van der Waals surface area (Å²) in [5, 5.41) is 0. The summed E-state index contributed by atoms with van der Waals surface area (Å²) in [6.45, 7) is 5.39. The Morgan fingerprint density at radius 1 is 1.38 bits per heavy atom. The van der Waals surface area contributed by atoms with Gasteiger partial charge in [-0.15, -0.1) is 0 Å². The van der Waals surface area contributed by atoms with Crippen molar-refractivity contribution in [2.45, 2.75) is 13.8 Å². The molecule has 0 fully saturated rings. The van der Waals surface area contributed by atoms with Crippen molar-refractivity contribution < 1.29 is 4.79 Å². The van der Waals surface area contributed by atoms with Gasteiger partial charge in [-0.05, 0) is 26.0 Å². The van der Waals surface area contributed by atoms with E-state index in [1.165, 1.54) is 0 Å². The number of benzene rings is 1. The number of para-hydroxylation sites is 1. The largest absolute Gasteiger partial charge is 0.345 e. The number of carbonyl (C=O) groups excluding carboxylic acids is 1. The third kappa shape index (κ3) is 1.66. The van der Waals surface area contributed by atoms with Gasteiger partial charge in [-0.1, -0.05) is 6.07 Å². The summed E-state index contributed by atoms with van der Waals surface area (Å²) in [6.07, 6.45) is 1.61. The van der Waals surface area contributed by atoms with Gasteiger partial charge < -0.3 is 9.88 Å². The van der Waals surface area contributed by atoms with E-state index in [0.29, 0.717) is 5.56 Å². The van der Waals surface area contributed by atoms with E-state index in [0.717, 1.165) is 24.1 Å². The SMILES string of the molecule is CCN(CC)C(=O)c1cccc2[nH]cnc12. The lowest BCUT2D eigenvalue weighted by Gasteiger charge is -2.18. The molecule has 0 aliphatic heterocycles. The first kappa shape index (κ1) is 10.7. The lowest BCUT2D eigenvalue weighted by atomic mass is 10.1. The Morgan fingerprint density at radius 3 is 2.81 bits per heavy atom. The van der Waals surface area contributed by atoms with E-state index in [9.17, 15) is 4.79 Å². The van der Waals surface area contributed by atoms with Crippen LogP contribution in [0.3, 0.4) is 0 Å². The van der Waals surface area contributed by atoms with Gasteiger partial charge in [0.15, 0.2) is 0 Å². The molecular weight excluding hydrogens is 202 g/mol. The summed E-state index contributed by atoms with van der Waals surface area (Å²) in [6, 6.07) is 5.61. The maximum absolute atomic E-state index is 12.2. The summed E-state index contributed by atoms with van der Waals surface area (Å²) in [4.78, 5) is 21.2. The van der Waals surface area contributed by atoms with Crippen LogP contribution in [0, 0.1) is 0 Å². The van der Waals surface area contributed by atoms with Crippen LogP contribution < -0.4 is 0 Å². The van der Waals surface area contributed by atoms with Crippen LogP contribution in [0.2, 0.25) is 0 Å². The third-order valence-corrected chi connectivity index (χ3v) is 2.73. The van der Waals surface area contributed by atoms with Gasteiger partial charge in [0.05, 0.1) is 17.4 Å². The Labute approximate surface area is 94.3 Å². The van der Waals surface area contributed by atoms with Gasteiger partial charge in [-0.25, -0.2) is 4.98 Å². The molecule has 0 unspecified atom stereocenters. The maximum atomic E-state index is 12.2. The van der Waals surface area contributed by atoms with Gasteiger partial charge in [0, 0.05) is 13.1 Å². The van der Waals surface area contributed by atoms with E-state index in [1.807, 2.05) is 32.0 Å². The second-order valence-electron chi connectivity index (χ2n) is 3.58. The van der Waals surface area contributed by atoms with Crippen LogP contribution in [-0.4, -0.2) is 33.9 Å². The number of carbonyl (C=O) groups is 1. The van der Waals surface area contributed by atoms with Gasteiger partial charge in [0.25, 0.3) is 5.91 Å². The Hall–Kier alpha value is -1.84. The molecule has 0 saturated carbocycles. The molecule has 0 aliphatic carbocycles. The van der Waals surface area contributed by atoms with E-state index in [1.54, 1.807) is 11.2 Å². The molecule has 1 heterocycles. The molecule has 0 saturated heterocycles. The van der Waals surface area contributed by atoms with Gasteiger partial charge in [0.2, 0.25) is 0 Å². The third-order valence-electron chi connectivity index (χ3n) is 2.73. The first-order valence-electron chi connectivity index (χ1n) is 5.49. The number of H-pyrrole nitrogens is 1. The normalized spacial score (nSPS) is 10.6. The minimum atomic E-state index is 0.0442. The van der Waals surface area contributed by atoms with Gasteiger partial charge in [-0.3, -0.25) is 4.79 Å². The Bertz CT molecular complexity index is 500. The Kier molecular flexibility index (Phi) is 2.90. The molecule has 2 rings (SSSR count). The zero-order valence-corrected chi connectivity index (χ0v) is 9.53. The van der Waals surface area contributed by atoms with Crippen LogP contribution >= 0.6 is 0 Å². The number of fused-ring (bicyclic) bond motifs is 1. The molecular formula is C12H15N3O. The van der Waals surface area contributed by atoms with Crippen LogP contribution in [0.4, 0.5) is 0 Å². The number of hydrogen-bond donors (Lipinski definition) is 1. The van der Waals surface area contributed by atoms with Crippen molar-refractivity contribution in [1.82, 2.24) is 14.9 Å². The van der Waals surface area contributed by atoms with Crippen molar-refractivity contribution in [2.75, 3.05) is 13.1 Å². The zero-order valence-electron chi connectivity index (χ0n) is 9.53. The number of nitrogens with zero attached hydrogens (tertiary/aromatic N) is 2. The summed E-state index contributed by atoms with van der Waals surface area (Å²) in [5.41, 5.74) is 2.32. The fraction of sp³-hybridized carbons (Fsp3) is 0.333. The number of amides is 1. The molecule has 4 nitrogen and oxygen atoms in total. The van der Waals surface area contributed by atoms with Crippen LogP contribution in [-0.2, 0) is 0 Å². The van der Waals surface area contributed by atoms with Gasteiger partial charge in [-0.2, -0.15) is 0 Å². The number of nitrogens with one attached hydrogen (secondary N) is 1. The minimum absolute atomic E-state index is 0.0442. The number of aromatic amines is 1. The Morgan fingerprint density at radius 2 is 2.12 bits per heavy atom. The standard InChI is InChI=1S/C12H15N3O/c1-3-15(4-2)12(16)9-6-5-7-10-11(9)14-8-13-10/h5-8H,3-4H2,1-2H3,(H,13,14). The number of aromatic nitrogens is 2. The summed E-state index contributed by atoms with van der Waals surface area (Å²) < 4.78 is 0. The quantitative estimate of drug-likeness (QED) is 0.855. The molecule has 1 N–H and O–H groups in total. The highest BCUT2D eigenvalue weighted by Crippen LogP contribution is 2.16. The molecule has 2 aromatic rings. The molecule has 4 heteroatoms. The Balaban J connectivity index is 2.46. The first-order valence-corrected chi connectivity index (χ1v) is 5.49. The number of hydrogen-bond acceptors (Lipinski definition) is 2. The highest BCUT2D eigenvalue weighted by atomic mass is 16.2. The van der Waals surface area contributed by atoms with Crippen LogP contribution in [0.15, 0.2) is 24.5 Å². The van der Waals surface area contributed by atoms with Gasteiger partial charge >= 0.3 is 0 Å². The van der Waals surface area contributed by atoms with Crippen LogP contribution in [0.5, 0.6) is 0 Å². The smallest absolute Gasteiger partial charge is 0.256 e. The summed E-state index contributed by atoms with van der Waals surface area (Å²) in [5.74, 6) is 0.0442. The molecule has 0 bridgehead atoms. The van der Waals surface area contributed by atoms with E-state index < -0.39 is 0 Å². The molecule has 0 spiro atoms. The molecule has 1 aromatic heterocycles. The predicted octanol–water partition coefficient (Wildman–Crippen LogP) is 2.04. The predicted molar refractivity (Wildman–Crippen MR) is 63.3 cm³/mol. The van der Waals surface area contributed by atoms with Crippen molar-refractivity contribution in [1.29, 1.82) is 0 Å². The lowest BCUT2D eigenvalue weighted by molar-refractivity contribution is 0.0775. The van der Waals surface area contributed by atoms with Crippen molar-refractivity contribution in [2.24, 2.45) is 0 Å². The lowest BCUT2D eigenvalue weighted by Crippen LogP contribution is -2.30. The minimum Gasteiger partial charge on any atom is -0.345 e. The maximum Gasteiger partial charge on any atom is 0.256 e. The van der Waals surface area contributed by atoms with Crippen molar-refractivity contribution >= 4 is 16.9 Å². The van der Waals surface area contributed by atoms with Crippen LogP contribution in [0.1, 0.15) is 24.2 Å². The zero-order chi connectivity index (χ0) is 11.5. The fourth-order valence-electron chi connectivity index (χ4n) is 1.82. The molecule has 1 amide bonds. The van der Waals surface area contributed by atoms with E-state index >= 15 is 0 Å². The molecule has 0 aliphatic rings. The first-order chi connectivity index (χ1) is 7.77. The molecule has 0 radical (unpaired) electrons. The van der Waals surface area contributed by atoms with E-state index in [2.05, 4.69) is 9.97 Å². The highest BCUT2D eigenvalue weighted by molar-refractivity contribution is 6.04. The molecule has 1 aromatic carbocycles. The van der Waals surface area contributed by atoms with E-state index in [4.69, 9.17) is 0 Å². The second kappa shape index (κ2) is 4.35. The summed E-state index contributed by atoms with van der Waals surface area (Å²) in [7, 11) is 0. The van der Waals surface area contributed by atoms with E-state index in [-0.39, 0.29) is 5.91 Å². The number of imidazole rings is 1. The molecule has 84 valence electrons. The average Bonchev–Trinajstić information content (AvgIpc) is 2.78. The number of rotatable bonds is 3. The fourth-order valence-corrected chi connectivity index (χ4v) is 1.82. The van der Waals surface area contributed by atoms with Crippen molar-refractivity contribution in [3.63, 3.8) is 0 Å². The topological polar surface area (TPSA) is 49.0 Å². The summed E-state index contributed by atoms with van der Waals surface area (Å²) >= 11 is 0.